The number of hydrogen-bond donors (Lipinski definition) is 2. The molecule has 0 saturated heterocycles. The molecule has 3 atom stereocenters. The number of fused-ring (bicyclic) bond motifs is 1. The minimum Gasteiger partial charge on any atom is -0.481 e. The van der Waals surface area contributed by atoms with Gasteiger partial charge in [-0.2, -0.15) is 0 Å². The SMILES string of the molecule is CC(C)(C[C@H]1C[C@]1(C(=O)O)c1cn(C(c2ccccc2)(c2ccccc2)c2ccccc2)cn1)C[N+]1(O)Cc2ccccc2C1=O. The number of hydroxylamine groups is 3. The second-order valence-corrected chi connectivity index (χ2v) is 13.7. The van der Waals surface area contributed by atoms with Gasteiger partial charge in [-0.25, -0.2) is 15.0 Å². The number of aromatic nitrogens is 2. The van der Waals surface area contributed by atoms with Crippen LogP contribution < -0.4 is 0 Å². The summed E-state index contributed by atoms with van der Waals surface area (Å²) in [6, 6.07) is 38.0. The maximum atomic E-state index is 13.2. The Morgan fingerprint density at radius 2 is 1.39 bits per heavy atom. The van der Waals surface area contributed by atoms with Gasteiger partial charge in [0.25, 0.3) is 0 Å². The first-order chi connectivity index (χ1) is 22.1. The van der Waals surface area contributed by atoms with Gasteiger partial charge in [0, 0.05) is 17.2 Å². The molecule has 1 aliphatic carbocycles. The molecule has 5 aromatic rings. The molecule has 0 bridgehead atoms. The van der Waals surface area contributed by atoms with E-state index < -0.39 is 27.0 Å². The van der Waals surface area contributed by atoms with Crippen LogP contribution in [0.15, 0.2) is 128 Å². The summed E-state index contributed by atoms with van der Waals surface area (Å²) in [5.74, 6) is -1.41. The van der Waals surface area contributed by atoms with Crippen molar-refractivity contribution in [3.8, 4) is 0 Å². The molecule has 1 unspecified atom stereocenters. The monoisotopic (exact) mass is 612 g/mol. The molecule has 1 saturated carbocycles. The van der Waals surface area contributed by atoms with Gasteiger partial charge < -0.3 is 9.67 Å². The molecule has 1 amide bonds. The molecule has 2 aliphatic rings. The van der Waals surface area contributed by atoms with E-state index in [1.165, 1.54) is 0 Å². The number of quaternary nitrogens is 1. The molecule has 232 valence electrons. The third kappa shape index (κ3) is 4.70. The van der Waals surface area contributed by atoms with Crippen molar-refractivity contribution in [2.75, 3.05) is 6.54 Å². The molecule has 7 rings (SSSR count). The second kappa shape index (κ2) is 10.9. The van der Waals surface area contributed by atoms with E-state index in [9.17, 15) is 19.9 Å². The van der Waals surface area contributed by atoms with E-state index in [2.05, 4.69) is 41.0 Å². The topological polar surface area (TPSA) is 92.4 Å². The number of carboxylic acid groups (broad SMARTS) is 1. The quantitative estimate of drug-likeness (QED) is 0.100. The zero-order valence-corrected chi connectivity index (χ0v) is 26.1. The number of amides is 1. The Kier molecular flexibility index (Phi) is 7.07. The zero-order chi connectivity index (χ0) is 32.2. The predicted octanol–water partition coefficient (Wildman–Crippen LogP) is 7.04. The molecule has 0 spiro atoms. The summed E-state index contributed by atoms with van der Waals surface area (Å²) < 4.78 is 1.36. The standard InChI is InChI=1S/C39H37N3O4/c1-37(2,26-42(46)25-28-14-12-13-21-33(28)35(42)43)22-32-23-38(32,36(44)45)34-24-41(27-40-34)39(29-15-6-3-7-16-29,30-17-8-4-9-18-30)31-19-10-5-11-20-31/h3-21,24,27,32,46H,22-23,25-26H2,1-2H3/p+1/t32-,38+,42?/m0/s1. The lowest BCUT2D eigenvalue weighted by Gasteiger charge is -2.37. The molecule has 4 aromatic carbocycles. The summed E-state index contributed by atoms with van der Waals surface area (Å²) in [6.45, 7) is 4.43. The number of carbonyl (C=O) groups is 2. The van der Waals surface area contributed by atoms with Crippen molar-refractivity contribution in [1.29, 1.82) is 0 Å². The van der Waals surface area contributed by atoms with Crippen molar-refractivity contribution in [2.24, 2.45) is 11.3 Å². The molecule has 2 N–H and O–H groups in total. The van der Waals surface area contributed by atoms with Crippen molar-refractivity contribution in [3.05, 3.63) is 161 Å². The smallest absolute Gasteiger partial charge is 0.378 e. The Balaban J connectivity index is 1.24. The number of hydrogen-bond acceptors (Lipinski definition) is 4. The van der Waals surface area contributed by atoms with Crippen molar-refractivity contribution in [2.45, 2.75) is 44.2 Å². The van der Waals surface area contributed by atoms with Gasteiger partial charge in [0.15, 0.2) is 0 Å². The largest absolute Gasteiger partial charge is 0.481 e. The second-order valence-electron chi connectivity index (χ2n) is 13.7. The lowest BCUT2D eigenvalue weighted by Crippen LogP contribution is -2.50. The van der Waals surface area contributed by atoms with Gasteiger partial charge in [-0.05, 0) is 41.5 Å². The third-order valence-corrected chi connectivity index (χ3v) is 10.0. The summed E-state index contributed by atoms with van der Waals surface area (Å²) >= 11 is 0. The lowest BCUT2D eigenvalue weighted by atomic mass is 9.76. The lowest BCUT2D eigenvalue weighted by molar-refractivity contribution is -1.05. The Labute approximate surface area is 269 Å². The van der Waals surface area contributed by atoms with E-state index in [4.69, 9.17) is 4.98 Å². The Morgan fingerprint density at radius 1 is 0.870 bits per heavy atom. The summed E-state index contributed by atoms with van der Waals surface area (Å²) in [7, 11) is 0. The minimum absolute atomic E-state index is 0.195. The van der Waals surface area contributed by atoms with Crippen molar-refractivity contribution >= 4 is 11.9 Å². The average Bonchev–Trinajstić information content (AvgIpc) is 3.43. The summed E-state index contributed by atoms with van der Waals surface area (Å²) in [4.78, 5) is 31.1. The van der Waals surface area contributed by atoms with E-state index in [0.29, 0.717) is 24.1 Å². The van der Waals surface area contributed by atoms with Crippen LogP contribution in [0.3, 0.4) is 0 Å². The molecule has 2 heterocycles. The first kappa shape index (κ1) is 29.8. The van der Waals surface area contributed by atoms with Gasteiger partial charge in [-0.1, -0.05) is 123 Å². The van der Waals surface area contributed by atoms with Gasteiger partial charge in [0.1, 0.15) is 24.0 Å². The van der Waals surface area contributed by atoms with Crippen LogP contribution in [0.25, 0.3) is 0 Å². The fraction of sp³-hybridized carbons (Fsp3) is 0.256. The third-order valence-electron chi connectivity index (χ3n) is 10.0. The van der Waals surface area contributed by atoms with Crippen LogP contribution in [0.1, 0.15) is 65.0 Å². The highest BCUT2D eigenvalue weighted by molar-refractivity contribution is 5.92. The van der Waals surface area contributed by atoms with E-state index in [0.717, 1.165) is 22.3 Å². The Hall–Kier alpha value is -4.85. The van der Waals surface area contributed by atoms with Crippen LogP contribution in [0.2, 0.25) is 0 Å². The van der Waals surface area contributed by atoms with Crippen LogP contribution >= 0.6 is 0 Å². The summed E-state index contributed by atoms with van der Waals surface area (Å²) in [5, 5.41) is 22.2. The number of imidazole rings is 1. The maximum absolute atomic E-state index is 13.2. The highest BCUT2D eigenvalue weighted by atomic mass is 16.6. The molecule has 7 heteroatoms. The molecule has 1 aliphatic heterocycles. The number of benzene rings is 4. The van der Waals surface area contributed by atoms with Gasteiger partial charge >= 0.3 is 11.9 Å². The number of aliphatic carboxylic acids is 1. The molecule has 1 fully saturated rings. The first-order valence-corrected chi connectivity index (χ1v) is 15.8. The Bertz CT molecular complexity index is 1810. The predicted molar refractivity (Wildman–Crippen MR) is 174 cm³/mol. The van der Waals surface area contributed by atoms with Gasteiger partial charge in [0.05, 0.1) is 17.6 Å². The van der Waals surface area contributed by atoms with Crippen LogP contribution in [-0.4, -0.2) is 42.9 Å². The fourth-order valence-electron chi connectivity index (χ4n) is 8.00. The van der Waals surface area contributed by atoms with E-state index in [1.807, 2.05) is 92.8 Å². The molecule has 1 aromatic heterocycles. The summed E-state index contributed by atoms with van der Waals surface area (Å²) in [5.41, 5.74) is 2.53. The fourth-order valence-corrected chi connectivity index (χ4v) is 8.00. The van der Waals surface area contributed by atoms with E-state index >= 15 is 0 Å². The highest BCUT2D eigenvalue weighted by Gasteiger charge is 2.65. The van der Waals surface area contributed by atoms with Gasteiger partial charge in [0.2, 0.25) is 0 Å². The number of rotatable bonds is 10. The molecule has 7 nitrogen and oxygen atoms in total. The minimum atomic E-state index is -1.16. The van der Waals surface area contributed by atoms with Crippen molar-refractivity contribution in [3.63, 3.8) is 0 Å². The maximum Gasteiger partial charge on any atom is 0.378 e. The number of nitrogens with zero attached hydrogens (tertiary/aromatic N) is 3. The van der Waals surface area contributed by atoms with E-state index in [-0.39, 0.29) is 24.9 Å². The van der Waals surface area contributed by atoms with Gasteiger partial charge in [-0.3, -0.25) is 4.79 Å². The molecular formula is C39H38N3O4+. The number of carbonyl (C=O) groups excluding carboxylic acids is 1. The highest BCUT2D eigenvalue weighted by Crippen LogP contribution is 2.59. The van der Waals surface area contributed by atoms with Crippen molar-refractivity contribution < 1.29 is 24.5 Å². The van der Waals surface area contributed by atoms with Crippen molar-refractivity contribution in [1.82, 2.24) is 9.55 Å². The molecular weight excluding hydrogens is 574 g/mol. The van der Waals surface area contributed by atoms with Crippen LogP contribution in [0.5, 0.6) is 0 Å². The van der Waals surface area contributed by atoms with Crippen LogP contribution in [0.4, 0.5) is 0 Å². The first-order valence-electron chi connectivity index (χ1n) is 15.8. The normalized spacial score (nSPS) is 22.4. The number of carboxylic acids is 1. The Morgan fingerprint density at radius 3 is 1.91 bits per heavy atom. The van der Waals surface area contributed by atoms with Crippen LogP contribution in [0, 0.1) is 11.3 Å². The summed E-state index contributed by atoms with van der Waals surface area (Å²) in [6.07, 6.45) is 4.64. The zero-order valence-electron chi connectivity index (χ0n) is 26.1. The van der Waals surface area contributed by atoms with Crippen LogP contribution in [-0.2, 0) is 22.3 Å². The average molecular weight is 613 g/mol. The molecule has 0 radical (unpaired) electrons. The molecule has 46 heavy (non-hydrogen) atoms. The van der Waals surface area contributed by atoms with E-state index in [1.54, 1.807) is 12.4 Å². The van der Waals surface area contributed by atoms with Gasteiger partial charge in [-0.15, -0.1) is 4.65 Å².